The van der Waals surface area contributed by atoms with Gasteiger partial charge in [-0.1, -0.05) is 13.8 Å². The van der Waals surface area contributed by atoms with Gasteiger partial charge in [0, 0.05) is 6.54 Å². The summed E-state index contributed by atoms with van der Waals surface area (Å²) in [5, 5.41) is 18.2. The van der Waals surface area contributed by atoms with Crippen LogP contribution in [0.15, 0.2) is 0 Å². The van der Waals surface area contributed by atoms with Gasteiger partial charge in [-0.3, -0.25) is 9.35 Å². The average Bonchev–Trinajstić information content (AvgIpc) is 2.73. The number of carbonyl (C=O) groups excluding carboxylic acids is 1. The van der Waals surface area contributed by atoms with Gasteiger partial charge in [0.05, 0.1) is 18.2 Å². The zero-order valence-corrected chi connectivity index (χ0v) is 12.7. The van der Waals surface area contributed by atoms with Crippen LogP contribution in [0.1, 0.15) is 26.7 Å². The number of amides is 1. The molecule has 20 heavy (non-hydrogen) atoms. The van der Waals surface area contributed by atoms with Crippen LogP contribution in [0.4, 0.5) is 0 Å². The highest BCUT2D eigenvalue weighted by Crippen LogP contribution is 2.19. The fourth-order valence-corrected chi connectivity index (χ4v) is 1.85. The minimum atomic E-state index is -3.67. The Labute approximate surface area is 119 Å². The molecule has 0 aliphatic carbocycles. The topological polar surface area (TPSA) is 141 Å². The second-order valence-corrected chi connectivity index (χ2v) is 6.62. The molecule has 5 N–H and O–H groups in total. The SMILES string of the molecule is CC(C)[C@H](N)C(=O)N1CCCC1B(O)O.CS(=O)(=O)O. The highest BCUT2D eigenvalue weighted by molar-refractivity contribution is 7.85. The third-order valence-corrected chi connectivity index (χ3v) is 2.93. The van der Waals surface area contributed by atoms with Crippen LogP contribution in [0, 0.1) is 5.92 Å². The second kappa shape index (κ2) is 7.94. The molecule has 1 unspecified atom stereocenters. The normalized spacial score (nSPS) is 20.4. The predicted molar refractivity (Wildman–Crippen MR) is 75.2 cm³/mol. The zero-order chi connectivity index (χ0) is 16.1. The molecular formula is C10H23BN2O6S. The van der Waals surface area contributed by atoms with E-state index in [0.29, 0.717) is 19.2 Å². The summed E-state index contributed by atoms with van der Waals surface area (Å²) in [7, 11) is -5.13. The number of nitrogens with zero attached hydrogens (tertiary/aromatic N) is 1. The first-order valence-corrected chi connectivity index (χ1v) is 8.14. The van der Waals surface area contributed by atoms with Gasteiger partial charge < -0.3 is 20.7 Å². The number of rotatable bonds is 3. The highest BCUT2D eigenvalue weighted by Gasteiger charge is 2.38. The van der Waals surface area contributed by atoms with Crippen molar-refractivity contribution in [1.29, 1.82) is 0 Å². The van der Waals surface area contributed by atoms with E-state index in [-0.39, 0.29) is 11.8 Å². The van der Waals surface area contributed by atoms with Gasteiger partial charge in [0.15, 0.2) is 0 Å². The Hall–Kier alpha value is -0.675. The molecule has 1 fully saturated rings. The van der Waals surface area contributed by atoms with Crippen molar-refractivity contribution >= 4 is 23.1 Å². The summed E-state index contributed by atoms with van der Waals surface area (Å²) in [6, 6.07) is -0.552. The van der Waals surface area contributed by atoms with Gasteiger partial charge in [-0.2, -0.15) is 8.42 Å². The van der Waals surface area contributed by atoms with Crippen molar-refractivity contribution in [3.63, 3.8) is 0 Å². The summed E-state index contributed by atoms with van der Waals surface area (Å²) in [4.78, 5) is 13.4. The zero-order valence-electron chi connectivity index (χ0n) is 11.9. The Kier molecular flexibility index (Phi) is 7.67. The summed E-state index contributed by atoms with van der Waals surface area (Å²) in [6.45, 7) is 4.33. The lowest BCUT2D eigenvalue weighted by molar-refractivity contribution is -0.133. The second-order valence-electron chi connectivity index (χ2n) is 5.16. The van der Waals surface area contributed by atoms with Gasteiger partial charge in [0.2, 0.25) is 5.91 Å². The highest BCUT2D eigenvalue weighted by atomic mass is 32.2. The van der Waals surface area contributed by atoms with Crippen molar-refractivity contribution < 1.29 is 27.8 Å². The summed E-state index contributed by atoms with van der Waals surface area (Å²) in [5.74, 6) is -0.600. The van der Waals surface area contributed by atoms with Gasteiger partial charge in [-0.15, -0.1) is 0 Å². The van der Waals surface area contributed by atoms with E-state index in [4.69, 9.17) is 20.3 Å². The lowest BCUT2D eigenvalue weighted by atomic mass is 9.77. The third-order valence-electron chi connectivity index (χ3n) is 2.93. The molecule has 0 aromatic rings. The molecule has 8 nitrogen and oxygen atoms in total. The Bertz CT molecular complexity index is 406. The average molecular weight is 310 g/mol. The molecule has 1 aliphatic rings. The maximum Gasteiger partial charge on any atom is 0.475 e. The largest absolute Gasteiger partial charge is 0.475 e. The number of likely N-dealkylation sites (tertiary alicyclic amines) is 1. The van der Waals surface area contributed by atoms with E-state index < -0.39 is 29.2 Å². The fourth-order valence-electron chi connectivity index (χ4n) is 1.85. The molecule has 0 saturated carbocycles. The molecule has 2 atom stereocenters. The number of carbonyl (C=O) groups is 1. The van der Waals surface area contributed by atoms with Crippen LogP contribution in [-0.2, 0) is 14.9 Å². The smallest absolute Gasteiger partial charge is 0.426 e. The van der Waals surface area contributed by atoms with Crippen LogP contribution in [-0.4, -0.2) is 65.7 Å². The van der Waals surface area contributed by atoms with Crippen molar-refractivity contribution in [3.05, 3.63) is 0 Å². The monoisotopic (exact) mass is 310 g/mol. The molecule has 1 rings (SSSR count). The Balaban J connectivity index is 0.000000621. The minimum Gasteiger partial charge on any atom is -0.426 e. The summed E-state index contributed by atoms with van der Waals surface area (Å²) in [6.07, 6.45) is 2.15. The quantitative estimate of drug-likeness (QED) is 0.366. The summed E-state index contributed by atoms with van der Waals surface area (Å²) < 4.78 is 25.9. The molecule has 1 amide bonds. The molecule has 0 spiro atoms. The van der Waals surface area contributed by atoms with E-state index in [0.717, 1.165) is 6.42 Å². The van der Waals surface area contributed by atoms with Crippen molar-refractivity contribution in [2.24, 2.45) is 11.7 Å². The van der Waals surface area contributed by atoms with E-state index in [1.165, 1.54) is 4.90 Å². The molecule has 0 aromatic heterocycles. The minimum absolute atomic E-state index is 0.0644. The molecule has 1 aliphatic heterocycles. The van der Waals surface area contributed by atoms with E-state index in [2.05, 4.69) is 0 Å². The van der Waals surface area contributed by atoms with Crippen LogP contribution in [0.3, 0.4) is 0 Å². The Morgan fingerprint density at radius 1 is 1.40 bits per heavy atom. The first kappa shape index (κ1) is 19.3. The predicted octanol–water partition coefficient (Wildman–Crippen LogP) is -1.52. The Morgan fingerprint density at radius 2 is 1.85 bits per heavy atom. The van der Waals surface area contributed by atoms with E-state index >= 15 is 0 Å². The molecule has 0 radical (unpaired) electrons. The number of hydrogen-bond donors (Lipinski definition) is 4. The van der Waals surface area contributed by atoms with E-state index in [1.807, 2.05) is 13.8 Å². The van der Waals surface area contributed by atoms with Crippen LogP contribution >= 0.6 is 0 Å². The maximum atomic E-state index is 11.9. The lowest BCUT2D eigenvalue weighted by Gasteiger charge is -2.28. The number of nitrogens with two attached hydrogens (primary N) is 1. The van der Waals surface area contributed by atoms with Crippen molar-refractivity contribution in [2.45, 2.75) is 38.7 Å². The molecule has 118 valence electrons. The van der Waals surface area contributed by atoms with Gasteiger partial charge in [0.1, 0.15) is 0 Å². The van der Waals surface area contributed by atoms with Crippen LogP contribution < -0.4 is 5.73 Å². The van der Waals surface area contributed by atoms with E-state index in [1.54, 1.807) is 0 Å². The summed E-state index contributed by atoms with van der Waals surface area (Å²) >= 11 is 0. The lowest BCUT2D eigenvalue weighted by Crippen LogP contribution is -2.52. The van der Waals surface area contributed by atoms with Crippen LogP contribution in [0.25, 0.3) is 0 Å². The van der Waals surface area contributed by atoms with Crippen molar-refractivity contribution in [1.82, 2.24) is 4.90 Å². The summed E-state index contributed by atoms with van der Waals surface area (Å²) in [5.41, 5.74) is 5.75. The first-order chi connectivity index (χ1) is 8.95. The molecule has 0 bridgehead atoms. The maximum absolute atomic E-state index is 11.9. The molecule has 1 heterocycles. The standard InChI is InChI=1S/C9H19BN2O3.CH4O3S/c1-6(2)8(11)9(13)12-5-3-4-7(12)10(14)15;1-5(2,3)4/h6-8,14-15H,3-5,11H2,1-2H3;1H3,(H,2,3,4)/t7?,8-;/m0./s1. The molecular weight excluding hydrogens is 287 g/mol. The van der Waals surface area contributed by atoms with Crippen molar-refractivity contribution in [3.8, 4) is 0 Å². The fraction of sp³-hybridized carbons (Fsp3) is 0.900. The van der Waals surface area contributed by atoms with Crippen molar-refractivity contribution in [2.75, 3.05) is 12.8 Å². The van der Waals surface area contributed by atoms with E-state index in [9.17, 15) is 13.2 Å². The first-order valence-electron chi connectivity index (χ1n) is 6.29. The number of hydrogen-bond acceptors (Lipinski definition) is 6. The van der Waals surface area contributed by atoms with Crippen LogP contribution in [0.2, 0.25) is 0 Å². The molecule has 1 saturated heterocycles. The molecule has 0 aromatic carbocycles. The van der Waals surface area contributed by atoms with Crippen LogP contribution in [0.5, 0.6) is 0 Å². The van der Waals surface area contributed by atoms with Gasteiger partial charge in [0.25, 0.3) is 10.1 Å². The van der Waals surface area contributed by atoms with Gasteiger partial charge >= 0.3 is 7.12 Å². The molecule has 10 heteroatoms. The Morgan fingerprint density at radius 3 is 2.20 bits per heavy atom. The third kappa shape index (κ3) is 7.20. The van der Waals surface area contributed by atoms with Gasteiger partial charge in [-0.25, -0.2) is 0 Å². The van der Waals surface area contributed by atoms with Gasteiger partial charge in [-0.05, 0) is 18.8 Å².